The molecule has 0 bridgehead atoms. The van der Waals surface area contributed by atoms with Gasteiger partial charge in [-0.05, 0) is 36.8 Å². The molecule has 0 saturated carbocycles. The van der Waals surface area contributed by atoms with Gasteiger partial charge in [0.25, 0.3) is 5.91 Å². The molecule has 1 atom stereocenters. The summed E-state index contributed by atoms with van der Waals surface area (Å²) in [6.45, 7) is 6.51. The monoisotopic (exact) mass is 382 g/mol. The number of rotatable bonds is 4. The fourth-order valence-corrected chi connectivity index (χ4v) is 4.91. The highest BCUT2D eigenvalue weighted by Gasteiger charge is 2.48. The van der Waals surface area contributed by atoms with E-state index in [1.807, 2.05) is 31.0 Å². The Morgan fingerprint density at radius 1 is 1.25 bits per heavy atom. The van der Waals surface area contributed by atoms with Crippen LogP contribution in [0.25, 0.3) is 0 Å². The number of aliphatic hydroxyl groups is 1. The van der Waals surface area contributed by atoms with Crippen LogP contribution in [0.5, 0.6) is 0 Å². The van der Waals surface area contributed by atoms with Crippen molar-refractivity contribution in [1.82, 2.24) is 19.6 Å². The molecule has 2 aromatic rings. The number of aryl methyl sites for hydroxylation is 2. The number of carbonyl (C=O) groups is 1. The van der Waals surface area contributed by atoms with Crippen LogP contribution in [0.2, 0.25) is 0 Å². The van der Waals surface area contributed by atoms with Crippen LogP contribution in [-0.2, 0) is 13.6 Å². The van der Waals surface area contributed by atoms with Gasteiger partial charge in [-0.3, -0.25) is 14.4 Å². The van der Waals surface area contributed by atoms with Crippen LogP contribution in [0.1, 0.15) is 34.6 Å². The second-order valence-electron chi connectivity index (χ2n) is 8.48. The quantitative estimate of drug-likeness (QED) is 0.879. The maximum atomic E-state index is 12.8. The minimum Gasteiger partial charge on any atom is -0.396 e. The van der Waals surface area contributed by atoms with Crippen molar-refractivity contribution in [3.63, 3.8) is 0 Å². The second kappa shape index (κ2) is 7.68. The number of carbonyl (C=O) groups excluding carboxylic acids is 1. The van der Waals surface area contributed by atoms with Crippen LogP contribution in [0.15, 0.2) is 36.4 Å². The summed E-state index contributed by atoms with van der Waals surface area (Å²) < 4.78 is 1.75. The van der Waals surface area contributed by atoms with Crippen molar-refractivity contribution in [2.24, 2.45) is 18.4 Å². The van der Waals surface area contributed by atoms with Crippen LogP contribution in [-0.4, -0.2) is 63.4 Å². The summed E-state index contributed by atoms with van der Waals surface area (Å²) in [5, 5.41) is 14.4. The number of amides is 1. The molecule has 150 valence electrons. The van der Waals surface area contributed by atoms with Gasteiger partial charge in [0.2, 0.25) is 0 Å². The lowest BCUT2D eigenvalue weighted by molar-refractivity contribution is 0.0397. The molecule has 6 heteroatoms. The lowest BCUT2D eigenvalue weighted by atomic mass is 9.71. The largest absolute Gasteiger partial charge is 0.396 e. The van der Waals surface area contributed by atoms with Gasteiger partial charge < -0.3 is 10.0 Å². The van der Waals surface area contributed by atoms with Gasteiger partial charge in [0.15, 0.2) is 5.69 Å². The average Bonchev–Trinajstić information content (AvgIpc) is 3.22. The summed E-state index contributed by atoms with van der Waals surface area (Å²) in [6, 6.07) is 12.4. The predicted octanol–water partition coefficient (Wildman–Crippen LogP) is 2.08. The molecule has 6 nitrogen and oxygen atoms in total. The maximum absolute atomic E-state index is 12.8. The van der Waals surface area contributed by atoms with Gasteiger partial charge in [0.1, 0.15) is 0 Å². The molecule has 0 aliphatic carbocycles. The van der Waals surface area contributed by atoms with E-state index in [9.17, 15) is 9.90 Å². The minimum absolute atomic E-state index is 0.0261. The number of benzene rings is 1. The molecule has 3 heterocycles. The minimum atomic E-state index is 0.0261. The Kier molecular flexibility index (Phi) is 5.25. The van der Waals surface area contributed by atoms with E-state index in [2.05, 4.69) is 34.3 Å². The Hall–Kier alpha value is -2.18. The zero-order valence-electron chi connectivity index (χ0n) is 16.8. The van der Waals surface area contributed by atoms with Crippen molar-refractivity contribution >= 4 is 5.91 Å². The summed E-state index contributed by atoms with van der Waals surface area (Å²) in [4.78, 5) is 17.2. The number of aromatic nitrogens is 2. The Bertz CT molecular complexity index is 805. The molecule has 1 amide bonds. The van der Waals surface area contributed by atoms with Crippen LogP contribution in [0.3, 0.4) is 0 Å². The highest BCUT2D eigenvalue weighted by atomic mass is 16.3. The predicted molar refractivity (Wildman–Crippen MR) is 108 cm³/mol. The van der Waals surface area contributed by atoms with Crippen molar-refractivity contribution in [3.05, 3.63) is 53.3 Å². The van der Waals surface area contributed by atoms with Gasteiger partial charge in [-0.25, -0.2) is 0 Å². The van der Waals surface area contributed by atoms with Gasteiger partial charge in [-0.2, -0.15) is 5.10 Å². The van der Waals surface area contributed by atoms with E-state index in [4.69, 9.17) is 0 Å². The first-order valence-electron chi connectivity index (χ1n) is 10.2. The van der Waals surface area contributed by atoms with Crippen molar-refractivity contribution in [1.29, 1.82) is 0 Å². The Labute approximate surface area is 166 Å². The number of hydrogen-bond donors (Lipinski definition) is 1. The van der Waals surface area contributed by atoms with Gasteiger partial charge in [0.05, 0.1) is 0 Å². The highest BCUT2D eigenvalue weighted by molar-refractivity contribution is 5.92. The topological polar surface area (TPSA) is 61.6 Å². The molecule has 1 aromatic heterocycles. The van der Waals surface area contributed by atoms with E-state index in [0.717, 1.165) is 51.3 Å². The Morgan fingerprint density at radius 3 is 2.57 bits per heavy atom. The smallest absolute Gasteiger partial charge is 0.274 e. The SMILES string of the molecule is Cc1cc(C(=O)N2CCC3(CC2)CN(Cc2ccccc2)CC3CO)nn1C. The summed E-state index contributed by atoms with van der Waals surface area (Å²) in [6.07, 6.45) is 1.89. The number of aliphatic hydroxyl groups excluding tert-OH is 1. The standard InChI is InChI=1S/C22H30N4O2/c1-17-12-20(23-24(17)2)21(28)26-10-8-22(9-11-26)16-25(14-19(22)15-27)13-18-6-4-3-5-7-18/h3-7,12,19,27H,8-11,13-16H2,1-2H3. The molecular formula is C22H30N4O2. The Balaban J connectivity index is 1.41. The third-order valence-corrected chi connectivity index (χ3v) is 6.73. The van der Waals surface area contributed by atoms with E-state index in [0.29, 0.717) is 5.69 Å². The first-order valence-corrected chi connectivity index (χ1v) is 10.2. The fourth-order valence-electron chi connectivity index (χ4n) is 4.91. The van der Waals surface area contributed by atoms with Crippen molar-refractivity contribution in [2.45, 2.75) is 26.3 Å². The lowest BCUT2D eigenvalue weighted by Gasteiger charge is -2.42. The van der Waals surface area contributed by atoms with Crippen molar-refractivity contribution in [2.75, 3.05) is 32.8 Å². The van der Waals surface area contributed by atoms with Crippen molar-refractivity contribution in [3.8, 4) is 0 Å². The first kappa shape index (κ1) is 19.2. The van der Waals surface area contributed by atoms with Crippen LogP contribution in [0.4, 0.5) is 0 Å². The van der Waals surface area contributed by atoms with Gasteiger partial charge in [-0.15, -0.1) is 0 Å². The molecule has 2 aliphatic rings. The van der Waals surface area contributed by atoms with E-state index in [-0.39, 0.29) is 23.8 Å². The molecule has 2 fully saturated rings. The first-order chi connectivity index (χ1) is 13.5. The third kappa shape index (κ3) is 3.59. The second-order valence-corrected chi connectivity index (χ2v) is 8.48. The van der Waals surface area contributed by atoms with Gasteiger partial charge >= 0.3 is 0 Å². The van der Waals surface area contributed by atoms with E-state index < -0.39 is 0 Å². The molecule has 1 unspecified atom stereocenters. The molecule has 2 aliphatic heterocycles. The molecular weight excluding hydrogens is 352 g/mol. The van der Waals surface area contributed by atoms with E-state index >= 15 is 0 Å². The summed E-state index contributed by atoms with van der Waals surface area (Å²) in [7, 11) is 1.86. The maximum Gasteiger partial charge on any atom is 0.274 e. The zero-order chi connectivity index (χ0) is 19.7. The Morgan fingerprint density at radius 2 is 1.96 bits per heavy atom. The van der Waals surface area contributed by atoms with E-state index in [1.165, 1.54) is 5.56 Å². The molecule has 28 heavy (non-hydrogen) atoms. The van der Waals surface area contributed by atoms with Crippen molar-refractivity contribution < 1.29 is 9.90 Å². The number of piperidine rings is 1. The third-order valence-electron chi connectivity index (χ3n) is 6.73. The van der Waals surface area contributed by atoms with Crippen LogP contribution < -0.4 is 0 Å². The molecule has 2 saturated heterocycles. The number of nitrogens with zero attached hydrogens (tertiary/aromatic N) is 4. The summed E-state index contributed by atoms with van der Waals surface area (Å²) in [5.41, 5.74) is 2.95. The van der Waals surface area contributed by atoms with Gasteiger partial charge in [-0.1, -0.05) is 30.3 Å². The zero-order valence-corrected chi connectivity index (χ0v) is 16.8. The van der Waals surface area contributed by atoms with Crippen LogP contribution >= 0.6 is 0 Å². The van der Waals surface area contributed by atoms with E-state index in [1.54, 1.807) is 4.68 Å². The van der Waals surface area contributed by atoms with Crippen LogP contribution in [0, 0.1) is 18.3 Å². The summed E-state index contributed by atoms with van der Waals surface area (Å²) >= 11 is 0. The fraction of sp³-hybridized carbons (Fsp3) is 0.545. The molecule has 1 spiro atoms. The lowest BCUT2D eigenvalue weighted by Crippen LogP contribution is -2.47. The summed E-state index contributed by atoms with van der Waals surface area (Å²) in [5.74, 6) is 0.309. The molecule has 1 aromatic carbocycles. The average molecular weight is 383 g/mol. The molecule has 1 N–H and O–H groups in total. The molecule has 4 rings (SSSR count). The normalized spacial score (nSPS) is 22.1. The van der Waals surface area contributed by atoms with Gasteiger partial charge in [0, 0.05) is 58.0 Å². The number of hydrogen-bond acceptors (Lipinski definition) is 4. The number of likely N-dealkylation sites (tertiary alicyclic amines) is 2. The highest BCUT2D eigenvalue weighted by Crippen LogP contribution is 2.45. The molecule has 0 radical (unpaired) electrons.